The molecule has 1 atom stereocenters. The summed E-state index contributed by atoms with van der Waals surface area (Å²) >= 11 is 0. The average Bonchev–Trinajstić information content (AvgIpc) is 2.39. The van der Waals surface area contributed by atoms with Crippen molar-refractivity contribution in [3.8, 4) is 5.75 Å². The molecular weight excluding hydrogens is 276 g/mol. The molecule has 1 aliphatic heterocycles. The van der Waals surface area contributed by atoms with Crippen molar-refractivity contribution in [3.05, 3.63) is 29.8 Å². The summed E-state index contributed by atoms with van der Waals surface area (Å²) < 4.78 is 5.73. The third-order valence-electron chi connectivity index (χ3n) is 3.47. The largest absolute Gasteiger partial charge is 0.491 e. The Morgan fingerprint density at radius 1 is 1.45 bits per heavy atom. The van der Waals surface area contributed by atoms with Gasteiger partial charge in [0, 0.05) is 19.1 Å². The molecule has 0 radical (unpaired) electrons. The molecule has 1 aromatic rings. The van der Waals surface area contributed by atoms with Crippen molar-refractivity contribution in [2.75, 3.05) is 26.2 Å². The lowest BCUT2D eigenvalue weighted by molar-refractivity contribution is 0.101. The van der Waals surface area contributed by atoms with E-state index >= 15 is 0 Å². The number of hydrogen-bond acceptors (Lipinski definition) is 4. The molecule has 5 heteroatoms. The van der Waals surface area contributed by atoms with Gasteiger partial charge in [0.15, 0.2) is 5.78 Å². The molecule has 0 spiro atoms. The molecule has 0 aliphatic carbocycles. The first-order valence-electron chi connectivity index (χ1n) is 6.87. The monoisotopic (exact) mass is 298 g/mol. The zero-order valence-corrected chi connectivity index (χ0v) is 12.7. The first-order valence-corrected chi connectivity index (χ1v) is 6.87. The molecule has 1 heterocycles. The van der Waals surface area contributed by atoms with E-state index in [2.05, 4.69) is 4.90 Å². The fourth-order valence-corrected chi connectivity index (χ4v) is 2.46. The average molecular weight is 299 g/mol. The number of para-hydroxylation sites is 1. The molecule has 1 unspecified atom stereocenters. The number of halogens is 1. The molecule has 1 fully saturated rings. The molecule has 2 N–H and O–H groups in total. The molecule has 2 rings (SSSR count). The van der Waals surface area contributed by atoms with Crippen LogP contribution < -0.4 is 10.5 Å². The van der Waals surface area contributed by atoms with E-state index in [9.17, 15) is 4.79 Å². The zero-order chi connectivity index (χ0) is 13.7. The first-order chi connectivity index (χ1) is 9.16. The van der Waals surface area contributed by atoms with Crippen LogP contribution in [0.3, 0.4) is 0 Å². The Hall–Kier alpha value is -1.10. The van der Waals surface area contributed by atoms with Crippen molar-refractivity contribution in [1.29, 1.82) is 0 Å². The van der Waals surface area contributed by atoms with Crippen LogP contribution in [0.25, 0.3) is 0 Å². The highest BCUT2D eigenvalue weighted by atomic mass is 35.5. The number of carbonyl (C=O) groups is 1. The van der Waals surface area contributed by atoms with Gasteiger partial charge >= 0.3 is 0 Å². The summed E-state index contributed by atoms with van der Waals surface area (Å²) in [5.74, 6) is 0.715. The van der Waals surface area contributed by atoms with Crippen molar-refractivity contribution in [1.82, 2.24) is 4.90 Å². The molecule has 112 valence electrons. The lowest BCUT2D eigenvalue weighted by Gasteiger charge is -2.30. The van der Waals surface area contributed by atoms with E-state index in [1.54, 1.807) is 13.0 Å². The van der Waals surface area contributed by atoms with Crippen LogP contribution >= 0.6 is 12.4 Å². The molecular formula is C15H23ClN2O2. The van der Waals surface area contributed by atoms with Crippen molar-refractivity contribution in [2.24, 2.45) is 5.73 Å². The smallest absolute Gasteiger partial charge is 0.163 e. The van der Waals surface area contributed by atoms with Gasteiger partial charge in [0.25, 0.3) is 0 Å². The van der Waals surface area contributed by atoms with E-state index in [1.165, 1.54) is 0 Å². The highest BCUT2D eigenvalue weighted by Gasteiger charge is 2.16. The Bertz CT molecular complexity index is 440. The molecule has 1 aromatic carbocycles. The van der Waals surface area contributed by atoms with Gasteiger partial charge in [-0.2, -0.15) is 0 Å². The second-order valence-corrected chi connectivity index (χ2v) is 5.10. The molecule has 4 nitrogen and oxygen atoms in total. The Labute approximate surface area is 126 Å². The third kappa shape index (κ3) is 4.78. The van der Waals surface area contributed by atoms with Gasteiger partial charge in [0.2, 0.25) is 0 Å². The van der Waals surface area contributed by atoms with Crippen molar-refractivity contribution >= 4 is 18.2 Å². The summed E-state index contributed by atoms with van der Waals surface area (Å²) in [6.07, 6.45) is 2.27. The standard InChI is InChI=1S/C15H22N2O2.ClH/c1-12(18)14-6-2-3-7-15(14)19-10-9-17-8-4-5-13(16)11-17;/h2-3,6-7,13H,4-5,8-11,16H2,1H3;1H. The fraction of sp³-hybridized carbons (Fsp3) is 0.533. The lowest BCUT2D eigenvalue weighted by atomic mass is 10.1. The van der Waals surface area contributed by atoms with Crippen molar-refractivity contribution in [3.63, 3.8) is 0 Å². The maximum absolute atomic E-state index is 11.5. The number of nitrogens with two attached hydrogens (primary N) is 1. The van der Waals surface area contributed by atoms with E-state index in [1.807, 2.05) is 18.2 Å². The van der Waals surface area contributed by atoms with Crippen LogP contribution in [0.15, 0.2) is 24.3 Å². The number of carbonyl (C=O) groups excluding carboxylic acids is 1. The topological polar surface area (TPSA) is 55.6 Å². The number of benzene rings is 1. The maximum Gasteiger partial charge on any atom is 0.163 e. The van der Waals surface area contributed by atoms with Gasteiger partial charge in [-0.25, -0.2) is 0 Å². The van der Waals surface area contributed by atoms with Crippen molar-refractivity contribution < 1.29 is 9.53 Å². The zero-order valence-electron chi connectivity index (χ0n) is 11.9. The van der Waals surface area contributed by atoms with Crippen LogP contribution in [0.4, 0.5) is 0 Å². The highest BCUT2D eigenvalue weighted by Crippen LogP contribution is 2.18. The van der Waals surface area contributed by atoms with E-state index in [0.717, 1.165) is 32.5 Å². The lowest BCUT2D eigenvalue weighted by Crippen LogP contribution is -2.44. The van der Waals surface area contributed by atoms with E-state index < -0.39 is 0 Å². The Morgan fingerprint density at radius 2 is 2.20 bits per heavy atom. The number of rotatable bonds is 5. The maximum atomic E-state index is 11.5. The van der Waals surface area contributed by atoms with Crippen LogP contribution in [0.5, 0.6) is 5.75 Å². The third-order valence-corrected chi connectivity index (χ3v) is 3.47. The normalized spacial score (nSPS) is 19.2. The van der Waals surface area contributed by atoms with E-state index in [0.29, 0.717) is 24.0 Å². The Kier molecular flexibility index (Phi) is 6.99. The molecule has 0 bridgehead atoms. The molecule has 1 aliphatic rings. The summed E-state index contributed by atoms with van der Waals surface area (Å²) in [7, 11) is 0. The van der Waals surface area contributed by atoms with Crippen LogP contribution in [0, 0.1) is 0 Å². The van der Waals surface area contributed by atoms with Gasteiger partial charge in [-0.1, -0.05) is 12.1 Å². The predicted molar refractivity (Wildman–Crippen MR) is 82.8 cm³/mol. The minimum Gasteiger partial charge on any atom is -0.491 e. The first kappa shape index (κ1) is 17.0. The Morgan fingerprint density at radius 3 is 2.90 bits per heavy atom. The molecule has 0 amide bonds. The van der Waals surface area contributed by atoms with E-state index in [4.69, 9.17) is 10.5 Å². The summed E-state index contributed by atoms with van der Waals surface area (Å²) in [6.45, 7) is 5.05. The highest BCUT2D eigenvalue weighted by molar-refractivity contribution is 5.96. The molecule has 20 heavy (non-hydrogen) atoms. The summed E-state index contributed by atoms with van der Waals surface area (Å²) in [6, 6.07) is 7.68. The second kappa shape index (κ2) is 8.25. The molecule has 0 saturated carbocycles. The number of Topliss-reactive ketones (excluding diaryl/α,β-unsaturated/α-hetero) is 1. The SMILES string of the molecule is CC(=O)c1ccccc1OCCN1CCCC(N)C1.Cl. The van der Waals surface area contributed by atoms with E-state index in [-0.39, 0.29) is 18.2 Å². The summed E-state index contributed by atoms with van der Waals surface area (Å²) in [5.41, 5.74) is 6.60. The Balaban J connectivity index is 0.00000200. The number of ketones is 1. The van der Waals surface area contributed by atoms with Gasteiger partial charge in [-0.05, 0) is 38.4 Å². The number of piperidine rings is 1. The van der Waals surface area contributed by atoms with Gasteiger partial charge in [-0.15, -0.1) is 12.4 Å². The van der Waals surface area contributed by atoms with Crippen LogP contribution in [-0.4, -0.2) is 43.0 Å². The number of hydrogen-bond donors (Lipinski definition) is 1. The minimum absolute atomic E-state index is 0. The molecule has 1 saturated heterocycles. The van der Waals surface area contributed by atoms with Crippen LogP contribution in [-0.2, 0) is 0 Å². The van der Waals surface area contributed by atoms with Gasteiger partial charge in [0.05, 0.1) is 5.56 Å². The van der Waals surface area contributed by atoms with Gasteiger partial charge in [0.1, 0.15) is 12.4 Å². The fourth-order valence-electron chi connectivity index (χ4n) is 2.46. The quantitative estimate of drug-likeness (QED) is 0.846. The van der Waals surface area contributed by atoms with Crippen LogP contribution in [0.2, 0.25) is 0 Å². The number of nitrogens with zero attached hydrogens (tertiary/aromatic N) is 1. The number of likely N-dealkylation sites (tertiary alicyclic amines) is 1. The second-order valence-electron chi connectivity index (χ2n) is 5.10. The minimum atomic E-state index is 0. The predicted octanol–water partition coefficient (Wildman–Crippen LogP) is 2.11. The van der Waals surface area contributed by atoms with Gasteiger partial charge in [-0.3, -0.25) is 9.69 Å². The van der Waals surface area contributed by atoms with Crippen molar-refractivity contribution in [2.45, 2.75) is 25.8 Å². The van der Waals surface area contributed by atoms with Crippen LogP contribution in [0.1, 0.15) is 30.1 Å². The number of ether oxygens (including phenoxy) is 1. The molecule has 0 aromatic heterocycles. The summed E-state index contributed by atoms with van der Waals surface area (Å²) in [4.78, 5) is 13.8. The van der Waals surface area contributed by atoms with Gasteiger partial charge < -0.3 is 10.5 Å². The summed E-state index contributed by atoms with van der Waals surface area (Å²) in [5, 5.41) is 0.